The number of nitrogens with one attached hydrogen (secondary N) is 1. The van der Waals surface area contributed by atoms with Crippen molar-refractivity contribution in [3.8, 4) is 5.75 Å². The zero-order chi connectivity index (χ0) is 26.4. The molecule has 0 bridgehead atoms. The van der Waals surface area contributed by atoms with Crippen LogP contribution in [0.5, 0.6) is 5.75 Å². The van der Waals surface area contributed by atoms with E-state index in [4.69, 9.17) is 9.47 Å². The number of rotatable bonds is 7. The Morgan fingerprint density at radius 1 is 1.00 bits per heavy atom. The average Bonchev–Trinajstić information content (AvgIpc) is 2.76. The van der Waals surface area contributed by atoms with Gasteiger partial charge in [-0.05, 0) is 53.7 Å². The zero-order valence-electron chi connectivity index (χ0n) is 22.3. The number of carbonyl (C=O) groups excluding carboxylic acids is 3. The maximum absolute atomic E-state index is 12.3. The molecular formula is C27H42N2O6. The van der Waals surface area contributed by atoms with Gasteiger partial charge in [0.15, 0.2) is 6.61 Å². The van der Waals surface area contributed by atoms with Gasteiger partial charge in [-0.25, -0.2) is 4.79 Å². The summed E-state index contributed by atoms with van der Waals surface area (Å²) in [7, 11) is 0. The lowest BCUT2D eigenvalue weighted by atomic mass is 9.78. The monoisotopic (exact) mass is 490 g/mol. The van der Waals surface area contributed by atoms with E-state index in [0.29, 0.717) is 44.7 Å². The molecule has 0 radical (unpaired) electrons. The number of likely N-dealkylation sites (tertiary alicyclic amines) is 1. The minimum atomic E-state index is -0.444. The summed E-state index contributed by atoms with van der Waals surface area (Å²) >= 11 is 0. The largest absolute Gasteiger partial charge is 0.507 e. The second-order valence-corrected chi connectivity index (χ2v) is 11.2. The fraction of sp³-hybridized carbons (Fsp3) is 0.667. The highest BCUT2D eigenvalue weighted by atomic mass is 16.6. The number of phenols is 1. The van der Waals surface area contributed by atoms with Gasteiger partial charge in [-0.3, -0.25) is 9.59 Å². The van der Waals surface area contributed by atoms with Crippen LogP contribution in [0.2, 0.25) is 0 Å². The number of aromatic hydroxyl groups is 1. The molecule has 0 atom stereocenters. The molecule has 1 heterocycles. The molecule has 0 aliphatic carbocycles. The van der Waals surface area contributed by atoms with Crippen LogP contribution in [-0.2, 0) is 36.3 Å². The van der Waals surface area contributed by atoms with Gasteiger partial charge in [-0.15, -0.1) is 0 Å². The summed E-state index contributed by atoms with van der Waals surface area (Å²) in [6, 6.07) is 3.84. The number of hydrogen-bond donors (Lipinski definition) is 2. The van der Waals surface area contributed by atoms with E-state index in [-0.39, 0.29) is 41.9 Å². The Morgan fingerprint density at radius 3 is 2.03 bits per heavy atom. The Balaban J connectivity index is 1.85. The molecule has 1 aliphatic heterocycles. The number of hydrogen-bond acceptors (Lipinski definition) is 6. The smallest absolute Gasteiger partial charge is 0.409 e. The third kappa shape index (κ3) is 8.44. The maximum atomic E-state index is 12.3. The molecule has 2 N–H and O–H groups in total. The highest BCUT2D eigenvalue weighted by molar-refractivity contribution is 5.80. The van der Waals surface area contributed by atoms with Crippen molar-refractivity contribution in [3.63, 3.8) is 0 Å². The number of nitrogens with zero attached hydrogens (tertiary/aromatic N) is 1. The second kappa shape index (κ2) is 11.8. The molecule has 0 spiro atoms. The predicted molar refractivity (Wildman–Crippen MR) is 135 cm³/mol. The standard InChI is InChI=1S/C27H42N2O6/c1-8-34-25(33)29-13-11-19(12-14-29)28-22(30)17-35-23(31)10-9-18-15-20(26(2,3)4)24(32)21(16-18)27(5,6)7/h15-16,19,32H,8-14,17H2,1-7H3,(H,28,30). The van der Waals surface area contributed by atoms with Crippen molar-refractivity contribution < 1.29 is 29.0 Å². The zero-order valence-corrected chi connectivity index (χ0v) is 22.3. The van der Waals surface area contributed by atoms with E-state index in [1.165, 1.54) is 0 Å². The average molecular weight is 491 g/mol. The van der Waals surface area contributed by atoms with Gasteiger partial charge in [0.05, 0.1) is 6.61 Å². The van der Waals surface area contributed by atoms with Crippen LogP contribution >= 0.6 is 0 Å². The minimum Gasteiger partial charge on any atom is -0.507 e. The lowest BCUT2D eigenvalue weighted by Crippen LogP contribution is -2.47. The summed E-state index contributed by atoms with van der Waals surface area (Å²) in [4.78, 5) is 37.9. The van der Waals surface area contributed by atoms with Gasteiger partial charge in [0.1, 0.15) is 5.75 Å². The number of amides is 2. The van der Waals surface area contributed by atoms with Crippen LogP contribution in [-0.4, -0.2) is 60.3 Å². The molecule has 0 aromatic heterocycles. The number of piperidine rings is 1. The number of aryl methyl sites for hydroxylation is 1. The summed E-state index contributed by atoms with van der Waals surface area (Å²) in [5.74, 6) is -0.483. The molecule has 2 rings (SSSR count). The van der Waals surface area contributed by atoms with E-state index in [1.807, 2.05) is 53.7 Å². The molecular weight excluding hydrogens is 448 g/mol. The van der Waals surface area contributed by atoms with Crippen LogP contribution < -0.4 is 5.32 Å². The molecule has 0 saturated carbocycles. The SMILES string of the molecule is CCOC(=O)N1CCC(NC(=O)COC(=O)CCc2cc(C(C)(C)C)c(O)c(C(C)(C)C)c2)CC1. The van der Waals surface area contributed by atoms with Crippen LogP contribution in [0.25, 0.3) is 0 Å². The Morgan fingerprint density at radius 2 is 1.54 bits per heavy atom. The van der Waals surface area contributed by atoms with E-state index < -0.39 is 5.97 Å². The van der Waals surface area contributed by atoms with Gasteiger partial charge < -0.3 is 24.8 Å². The Hall–Kier alpha value is -2.77. The quantitative estimate of drug-likeness (QED) is 0.555. The first kappa shape index (κ1) is 28.5. The van der Waals surface area contributed by atoms with Crippen molar-refractivity contribution in [2.75, 3.05) is 26.3 Å². The molecule has 1 saturated heterocycles. The highest BCUT2D eigenvalue weighted by Crippen LogP contribution is 2.40. The van der Waals surface area contributed by atoms with Crippen molar-refractivity contribution in [1.29, 1.82) is 0 Å². The summed E-state index contributed by atoms with van der Waals surface area (Å²) in [6.07, 6.45) is 1.53. The Bertz CT molecular complexity index is 870. The number of benzene rings is 1. The fourth-order valence-electron chi connectivity index (χ4n) is 4.14. The van der Waals surface area contributed by atoms with Crippen molar-refractivity contribution in [2.45, 2.75) is 91.0 Å². The molecule has 35 heavy (non-hydrogen) atoms. The van der Waals surface area contributed by atoms with E-state index in [0.717, 1.165) is 16.7 Å². The molecule has 8 nitrogen and oxygen atoms in total. The summed E-state index contributed by atoms with van der Waals surface area (Å²) in [6.45, 7) is 15.1. The maximum Gasteiger partial charge on any atom is 0.409 e. The number of phenolic OH excluding ortho intramolecular Hbond substituents is 1. The van der Waals surface area contributed by atoms with E-state index in [2.05, 4.69) is 5.32 Å². The van der Waals surface area contributed by atoms with Gasteiger partial charge in [-0.1, -0.05) is 53.7 Å². The summed E-state index contributed by atoms with van der Waals surface area (Å²) < 4.78 is 10.2. The molecule has 2 amide bonds. The highest BCUT2D eigenvalue weighted by Gasteiger charge is 2.27. The van der Waals surface area contributed by atoms with Gasteiger partial charge in [-0.2, -0.15) is 0 Å². The van der Waals surface area contributed by atoms with Crippen molar-refractivity contribution in [3.05, 3.63) is 28.8 Å². The molecule has 196 valence electrons. The van der Waals surface area contributed by atoms with E-state index in [1.54, 1.807) is 11.8 Å². The van der Waals surface area contributed by atoms with Crippen molar-refractivity contribution >= 4 is 18.0 Å². The van der Waals surface area contributed by atoms with Crippen LogP contribution in [0.15, 0.2) is 12.1 Å². The second-order valence-electron chi connectivity index (χ2n) is 11.2. The summed E-state index contributed by atoms with van der Waals surface area (Å²) in [5, 5.41) is 13.7. The lowest BCUT2D eigenvalue weighted by molar-refractivity contribution is -0.148. The topological polar surface area (TPSA) is 105 Å². The van der Waals surface area contributed by atoms with Gasteiger partial charge >= 0.3 is 12.1 Å². The van der Waals surface area contributed by atoms with Crippen LogP contribution in [0.4, 0.5) is 4.79 Å². The lowest BCUT2D eigenvalue weighted by Gasteiger charge is -2.31. The van der Waals surface area contributed by atoms with Crippen molar-refractivity contribution in [2.24, 2.45) is 0 Å². The number of carbonyl (C=O) groups is 3. The number of esters is 1. The van der Waals surface area contributed by atoms with Crippen molar-refractivity contribution in [1.82, 2.24) is 10.2 Å². The third-order valence-corrected chi connectivity index (χ3v) is 6.15. The van der Waals surface area contributed by atoms with E-state index in [9.17, 15) is 19.5 Å². The van der Waals surface area contributed by atoms with Gasteiger partial charge in [0, 0.05) is 25.6 Å². The van der Waals surface area contributed by atoms with Gasteiger partial charge in [0.25, 0.3) is 5.91 Å². The fourth-order valence-corrected chi connectivity index (χ4v) is 4.14. The predicted octanol–water partition coefficient (Wildman–Crippen LogP) is 4.20. The van der Waals surface area contributed by atoms with E-state index >= 15 is 0 Å². The summed E-state index contributed by atoms with van der Waals surface area (Å²) in [5.41, 5.74) is 2.16. The molecule has 1 fully saturated rings. The molecule has 8 heteroatoms. The van der Waals surface area contributed by atoms with Gasteiger partial charge in [0.2, 0.25) is 0 Å². The van der Waals surface area contributed by atoms with Crippen LogP contribution in [0.3, 0.4) is 0 Å². The van der Waals surface area contributed by atoms with Crippen LogP contribution in [0.1, 0.15) is 84.4 Å². The molecule has 1 aliphatic rings. The first-order valence-electron chi connectivity index (χ1n) is 12.5. The van der Waals surface area contributed by atoms with Crippen LogP contribution in [0, 0.1) is 0 Å². The molecule has 0 unspecified atom stereocenters. The first-order chi connectivity index (χ1) is 16.2. The normalized spacial score (nSPS) is 15.0. The minimum absolute atomic E-state index is 0.0597. The first-order valence-corrected chi connectivity index (χ1v) is 12.5. The molecule has 1 aromatic rings. The number of ether oxygens (including phenoxy) is 2. The molecule has 1 aromatic carbocycles. The Labute approximate surface area is 209 Å². The third-order valence-electron chi connectivity index (χ3n) is 6.15. The Kier molecular flexibility index (Phi) is 9.58.